The number of nitrogens with two attached hydrogens (primary N) is 1. The largest absolute Gasteiger partial charge is 0.366 e. The lowest BCUT2D eigenvalue weighted by Crippen LogP contribution is -2.44. The number of carbonyl (C=O) groups is 1. The number of rotatable bonds is 3. The third-order valence-corrected chi connectivity index (χ3v) is 2.93. The molecule has 80 valence electrons. The average molecular weight is 204 g/mol. The molecule has 1 amide bonds. The average Bonchev–Trinajstić information content (AvgIpc) is 2.16. The Morgan fingerprint density at radius 3 is 2.73 bits per heavy atom. The Bertz CT molecular complexity index is 370. The van der Waals surface area contributed by atoms with Crippen molar-refractivity contribution >= 4 is 5.91 Å². The summed E-state index contributed by atoms with van der Waals surface area (Å²) in [5, 5.41) is 0. The first-order valence-electron chi connectivity index (χ1n) is 5.23. The molecular weight excluding hydrogens is 188 g/mol. The topological polar surface area (TPSA) is 46.3 Å². The van der Waals surface area contributed by atoms with Gasteiger partial charge in [-0.2, -0.15) is 0 Å². The van der Waals surface area contributed by atoms with Gasteiger partial charge in [0.05, 0.1) is 0 Å². The second kappa shape index (κ2) is 4.03. The van der Waals surface area contributed by atoms with Crippen molar-refractivity contribution in [1.29, 1.82) is 0 Å². The Kier molecular flexibility index (Phi) is 2.73. The normalized spacial score (nSPS) is 17.4. The highest BCUT2D eigenvalue weighted by Gasteiger charge is 2.24. The Morgan fingerprint density at radius 1 is 1.47 bits per heavy atom. The molecule has 1 saturated heterocycles. The molecule has 2 rings (SSSR count). The van der Waals surface area contributed by atoms with Gasteiger partial charge < -0.3 is 10.6 Å². The molecular formula is C12H16N2O. The van der Waals surface area contributed by atoms with Crippen LogP contribution in [0.1, 0.15) is 15.9 Å². The zero-order chi connectivity index (χ0) is 10.8. The van der Waals surface area contributed by atoms with Gasteiger partial charge in [0.1, 0.15) is 0 Å². The van der Waals surface area contributed by atoms with Gasteiger partial charge in [-0.3, -0.25) is 4.79 Å². The molecule has 1 fully saturated rings. The number of carbonyl (C=O) groups excluding carboxylic acids is 1. The standard InChI is InChI=1S/C12H16N2O/c1-14-7-9(8-14)6-10-4-2-3-5-11(10)12(13)15/h2-5,9H,6-8H2,1H3,(H2,13,15). The third kappa shape index (κ3) is 2.18. The number of hydrogen-bond acceptors (Lipinski definition) is 2. The number of nitrogens with zero attached hydrogens (tertiary/aromatic N) is 1. The molecule has 0 unspecified atom stereocenters. The van der Waals surface area contributed by atoms with Crippen LogP contribution in [0.4, 0.5) is 0 Å². The second-order valence-electron chi connectivity index (χ2n) is 4.31. The van der Waals surface area contributed by atoms with Crippen LogP contribution in [0.5, 0.6) is 0 Å². The van der Waals surface area contributed by atoms with Crippen molar-refractivity contribution in [3.63, 3.8) is 0 Å². The molecule has 0 bridgehead atoms. The van der Waals surface area contributed by atoms with E-state index in [1.807, 2.05) is 18.2 Å². The first kappa shape index (κ1) is 10.2. The first-order valence-corrected chi connectivity index (χ1v) is 5.23. The van der Waals surface area contributed by atoms with Crippen molar-refractivity contribution in [2.75, 3.05) is 20.1 Å². The van der Waals surface area contributed by atoms with Gasteiger partial charge in [-0.05, 0) is 31.0 Å². The summed E-state index contributed by atoms with van der Waals surface area (Å²) in [6.45, 7) is 2.24. The van der Waals surface area contributed by atoms with E-state index >= 15 is 0 Å². The smallest absolute Gasteiger partial charge is 0.248 e. The van der Waals surface area contributed by atoms with Crippen molar-refractivity contribution in [3.05, 3.63) is 35.4 Å². The van der Waals surface area contributed by atoms with E-state index in [9.17, 15) is 4.79 Å². The molecule has 0 saturated carbocycles. The van der Waals surface area contributed by atoms with Gasteiger partial charge in [0, 0.05) is 18.7 Å². The van der Waals surface area contributed by atoms with Crippen LogP contribution >= 0.6 is 0 Å². The summed E-state index contributed by atoms with van der Waals surface area (Å²) in [7, 11) is 2.11. The molecule has 0 spiro atoms. The van der Waals surface area contributed by atoms with Gasteiger partial charge in [0.2, 0.25) is 5.91 Å². The highest BCUT2D eigenvalue weighted by Crippen LogP contribution is 2.20. The van der Waals surface area contributed by atoms with Crippen molar-refractivity contribution in [1.82, 2.24) is 4.90 Å². The van der Waals surface area contributed by atoms with Crippen LogP contribution in [0.25, 0.3) is 0 Å². The third-order valence-electron chi connectivity index (χ3n) is 2.93. The quantitative estimate of drug-likeness (QED) is 0.794. The Hall–Kier alpha value is -1.35. The highest BCUT2D eigenvalue weighted by atomic mass is 16.1. The van der Waals surface area contributed by atoms with Gasteiger partial charge in [-0.1, -0.05) is 18.2 Å². The molecule has 0 radical (unpaired) electrons. The van der Waals surface area contributed by atoms with Crippen LogP contribution < -0.4 is 5.73 Å². The van der Waals surface area contributed by atoms with Gasteiger partial charge in [-0.15, -0.1) is 0 Å². The van der Waals surface area contributed by atoms with Gasteiger partial charge in [0.25, 0.3) is 0 Å². The Morgan fingerprint density at radius 2 is 2.13 bits per heavy atom. The lowest BCUT2D eigenvalue weighted by atomic mass is 9.90. The molecule has 1 aromatic rings. The van der Waals surface area contributed by atoms with Crippen molar-refractivity contribution in [3.8, 4) is 0 Å². The second-order valence-corrected chi connectivity index (χ2v) is 4.31. The summed E-state index contributed by atoms with van der Waals surface area (Å²) >= 11 is 0. The van der Waals surface area contributed by atoms with Gasteiger partial charge in [-0.25, -0.2) is 0 Å². The summed E-state index contributed by atoms with van der Waals surface area (Å²) in [6, 6.07) is 7.62. The summed E-state index contributed by atoms with van der Waals surface area (Å²) in [5.74, 6) is 0.355. The maximum absolute atomic E-state index is 11.2. The molecule has 3 heteroatoms. The van der Waals surface area contributed by atoms with E-state index < -0.39 is 0 Å². The number of amides is 1. The maximum Gasteiger partial charge on any atom is 0.248 e. The predicted octanol–water partition coefficient (Wildman–Crippen LogP) is 0.890. The van der Waals surface area contributed by atoms with Gasteiger partial charge in [0.15, 0.2) is 0 Å². The lowest BCUT2D eigenvalue weighted by Gasteiger charge is -2.36. The van der Waals surface area contributed by atoms with E-state index in [-0.39, 0.29) is 5.91 Å². The predicted molar refractivity (Wildman–Crippen MR) is 59.7 cm³/mol. The lowest BCUT2D eigenvalue weighted by molar-refractivity contribution is 0.0997. The molecule has 15 heavy (non-hydrogen) atoms. The van der Waals surface area contributed by atoms with Crippen LogP contribution in [0.15, 0.2) is 24.3 Å². The van der Waals surface area contributed by atoms with E-state index in [2.05, 4.69) is 11.9 Å². The minimum atomic E-state index is -0.321. The Balaban J connectivity index is 2.10. The van der Waals surface area contributed by atoms with Gasteiger partial charge >= 0.3 is 0 Å². The molecule has 1 heterocycles. The van der Waals surface area contributed by atoms with Crippen molar-refractivity contribution in [2.45, 2.75) is 6.42 Å². The summed E-state index contributed by atoms with van der Waals surface area (Å²) < 4.78 is 0. The van der Waals surface area contributed by atoms with E-state index in [4.69, 9.17) is 5.73 Å². The fraction of sp³-hybridized carbons (Fsp3) is 0.417. The number of benzene rings is 1. The molecule has 2 N–H and O–H groups in total. The van der Waals surface area contributed by atoms with E-state index in [0.29, 0.717) is 11.5 Å². The first-order chi connectivity index (χ1) is 7.16. The maximum atomic E-state index is 11.2. The van der Waals surface area contributed by atoms with Crippen LogP contribution in [-0.2, 0) is 6.42 Å². The molecule has 0 aromatic heterocycles. The van der Waals surface area contributed by atoms with E-state index in [0.717, 1.165) is 25.1 Å². The number of primary amides is 1. The Labute approximate surface area is 89.9 Å². The summed E-state index contributed by atoms with van der Waals surface area (Å²) in [5.41, 5.74) is 7.09. The minimum Gasteiger partial charge on any atom is -0.366 e. The number of likely N-dealkylation sites (tertiary alicyclic amines) is 1. The number of hydrogen-bond donors (Lipinski definition) is 1. The molecule has 3 nitrogen and oxygen atoms in total. The summed E-state index contributed by atoms with van der Waals surface area (Å²) in [6.07, 6.45) is 0.962. The molecule has 1 aromatic carbocycles. The van der Waals surface area contributed by atoms with Crippen LogP contribution in [0.2, 0.25) is 0 Å². The summed E-state index contributed by atoms with van der Waals surface area (Å²) in [4.78, 5) is 13.5. The van der Waals surface area contributed by atoms with Crippen LogP contribution in [0.3, 0.4) is 0 Å². The van der Waals surface area contributed by atoms with Crippen LogP contribution in [-0.4, -0.2) is 30.9 Å². The van der Waals surface area contributed by atoms with Crippen molar-refractivity contribution < 1.29 is 4.79 Å². The molecule has 0 aliphatic carbocycles. The van der Waals surface area contributed by atoms with E-state index in [1.54, 1.807) is 6.07 Å². The molecule has 0 atom stereocenters. The zero-order valence-electron chi connectivity index (χ0n) is 8.94. The zero-order valence-corrected chi connectivity index (χ0v) is 8.94. The monoisotopic (exact) mass is 204 g/mol. The fourth-order valence-corrected chi connectivity index (χ4v) is 2.21. The highest BCUT2D eigenvalue weighted by molar-refractivity contribution is 5.94. The fourth-order valence-electron chi connectivity index (χ4n) is 2.21. The van der Waals surface area contributed by atoms with Crippen LogP contribution in [0, 0.1) is 5.92 Å². The molecule has 1 aliphatic heterocycles. The van der Waals surface area contributed by atoms with Crippen molar-refractivity contribution in [2.24, 2.45) is 11.7 Å². The SMILES string of the molecule is CN1CC(Cc2ccccc2C(N)=O)C1. The molecule has 1 aliphatic rings. The minimum absolute atomic E-state index is 0.321. The van der Waals surface area contributed by atoms with E-state index in [1.165, 1.54) is 0 Å².